The molecule has 8 heteroatoms. The third kappa shape index (κ3) is 4.54. The van der Waals surface area contributed by atoms with Crippen molar-refractivity contribution in [3.63, 3.8) is 0 Å². The number of ether oxygens (including phenoxy) is 1. The Labute approximate surface area is 95.3 Å². The van der Waals surface area contributed by atoms with Crippen LogP contribution in [-0.4, -0.2) is 53.3 Å². The Hall–Kier alpha value is -0.540. The van der Waals surface area contributed by atoms with E-state index >= 15 is 0 Å². The number of aliphatic hydroxyl groups excluding tert-OH is 2. The summed E-state index contributed by atoms with van der Waals surface area (Å²) in [4.78, 5) is 0. The second-order valence-electron chi connectivity index (χ2n) is 3.55. The van der Waals surface area contributed by atoms with Crippen molar-refractivity contribution < 1.29 is 27.6 Å². The molecule has 0 aliphatic carbocycles. The molecule has 0 aromatic heterocycles. The first-order chi connectivity index (χ1) is 7.31. The Morgan fingerprint density at radius 3 is 2.06 bits per heavy atom. The van der Waals surface area contributed by atoms with Gasteiger partial charge in [-0.1, -0.05) is 6.92 Å². The lowest BCUT2D eigenvalue weighted by Gasteiger charge is -2.39. The highest BCUT2D eigenvalue weighted by atomic mass is 32.2. The van der Waals surface area contributed by atoms with E-state index in [1.807, 2.05) is 13.8 Å². The van der Waals surface area contributed by atoms with E-state index in [-0.39, 0.29) is 12.2 Å². The summed E-state index contributed by atoms with van der Waals surface area (Å²) in [5.41, 5.74) is 5.59. The summed E-state index contributed by atoms with van der Waals surface area (Å²) in [6, 6.07) is -0.484. The summed E-state index contributed by atoms with van der Waals surface area (Å²) in [7, 11) is -3.11. The molecule has 1 aliphatic heterocycles. The van der Waals surface area contributed by atoms with Crippen LogP contribution in [0, 0.1) is 0 Å². The molecular weight excluding hydrogens is 238 g/mol. The summed E-state index contributed by atoms with van der Waals surface area (Å²) in [6.07, 6.45) is -1.49. The van der Waals surface area contributed by atoms with Crippen LogP contribution in [-0.2, 0) is 15.3 Å². The minimum Gasteiger partial charge on any atom is -0.389 e. The molecule has 1 saturated heterocycles. The van der Waals surface area contributed by atoms with E-state index in [4.69, 9.17) is 23.1 Å². The van der Waals surface area contributed by atoms with Crippen molar-refractivity contribution in [1.29, 1.82) is 0 Å². The standard InChI is InChI=1S/C8H17NO3.O3S/c1-3-5-7(10)8(11)6(9)4(2)12-5;1-4(2)3/h4-8,10-11H,3,9H2,1-2H3;/t4-,5?,6?,7-,8-;/m1./s1. The van der Waals surface area contributed by atoms with Crippen molar-refractivity contribution in [2.75, 3.05) is 0 Å². The van der Waals surface area contributed by atoms with E-state index in [0.717, 1.165) is 0 Å². The fourth-order valence-corrected chi connectivity index (χ4v) is 1.51. The highest BCUT2D eigenvalue weighted by molar-refractivity contribution is 7.59. The van der Waals surface area contributed by atoms with E-state index in [1.165, 1.54) is 0 Å². The zero-order chi connectivity index (χ0) is 12.9. The van der Waals surface area contributed by atoms with Gasteiger partial charge in [-0.3, -0.25) is 0 Å². The first-order valence-corrected chi connectivity index (χ1v) is 5.85. The molecule has 0 spiro atoms. The molecule has 0 aromatic rings. The van der Waals surface area contributed by atoms with Crippen LogP contribution in [0.1, 0.15) is 20.3 Å². The van der Waals surface area contributed by atoms with Crippen molar-refractivity contribution in [2.24, 2.45) is 5.73 Å². The summed E-state index contributed by atoms with van der Waals surface area (Å²) >= 11 is 0. The SMILES string of the molecule is CCC1O[C@H](C)C(N)[C@@H](O)[C@@H]1O.O=S(=O)=O. The minimum absolute atomic E-state index is 0.187. The van der Waals surface area contributed by atoms with Crippen molar-refractivity contribution >= 4 is 10.6 Å². The maximum atomic E-state index is 9.47. The van der Waals surface area contributed by atoms with Crippen LogP contribution in [0.5, 0.6) is 0 Å². The molecule has 2 unspecified atom stereocenters. The summed E-state index contributed by atoms with van der Waals surface area (Å²) in [5, 5.41) is 18.9. The molecule has 1 aliphatic rings. The Bertz CT molecular complexity index is 292. The van der Waals surface area contributed by atoms with Gasteiger partial charge in [0.05, 0.1) is 24.4 Å². The minimum atomic E-state index is -3.11. The fourth-order valence-electron chi connectivity index (χ4n) is 1.51. The molecule has 1 heterocycles. The lowest BCUT2D eigenvalue weighted by Crippen LogP contribution is -2.59. The van der Waals surface area contributed by atoms with Crippen molar-refractivity contribution in [3.05, 3.63) is 0 Å². The average molecular weight is 255 g/mol. The molecule has 96 valence electrons. The smallest absolute Gasteiger partial charge is 0.389 e. The lowest BCUT2D eigenvalue weighted by atomic mass is 9.93. The third-order valence-corrected chi connectivity index (χ3v) is 2.46. The Balaban J connectivity index is 0.000000487. The van der Waals surface area contributed by atoms with Gasteiger partial charge in [-0.15, -0.1) is 12.6 Å². The van der Waals surface area contributed by atoms with Gasteiger partial charge in [0.2, 0.25) is 0 Å². The molecule has 1 fully saturated rings. The van der Waals surface area contributed by atoms with Gasteiger partial charge in [0, 0.05) is 0 Å². The van der Waals surface area contributed by atoms with E-state index in [2.05, 4.69) is 0 Å². The number of rotatable bonds is 1. The van der Waals surface area contributed by atoms with E-state index < -0.39 is 28.9 Å². The molecule has 0 saturated carbocycles. The van der Waals surface area contributed by atoms with Crippen LogP contribution in [0.2, 0.25) is 0 Å². The molecule has 7 nitrogen and oxygen atoms in total. The molecule has 4 N–H and O–H groups in total. The predicted octanol–water partition coefficient (Wildman–Crippen LogP) is -1.77. The first-order valence-electron chi connectivity index (χ1n) is 4.85. The van der Waals surface area contributed by atoms with Crippen molar-refractivity contribution in [2.45, 2.75) is 50.7 Å². The normalized spacial score (nSPS) is 38.4. The summed E-state index contributed by atoms with van der Waals surface area (Å²) < 4.78 is 30.7. The van der Waals surface area contributed by atoms with Gasteiger partial charge < -0.3 is 20.7 Å². The number of nitrogens with two attached hydrogens (primary N) is 1. The zero-order valence-corrected chi connectivity index (χ0v) is 9.92. The van der Waals surface area contributed by atoms with Gasteiger partial charge in [-0.2, -0.15) is 0 Å². The number of hydrogen-bond donors (Lipinski definition) is 3. The maximum Gasteiger partial charge on any atom is 0.425 e. The second-order valence-corrected chi connectivity index (χ2v) is 3.96. The molecule has 16 heavy (non-hydrogen) atoms. The van der Waals surface area contributed by atoms with Gasteiger partial charge in [0.25, 0.3) is 0 Å². The molecular formula is C8H17NO6S. The highest BCUT2D eigenvalue weighted by Gasteiger charge is 2.39. The van der Waals surface area contributed by atoms with Gasteiger partial charge in [-0.25, -0.2) is 0 Å². The quantitative estimate of drug-likeness (QED) is 0.506. The second kappa shape index (κ2) is 6.92. The van der Waals surface area contributed by atoms with Gasteiger partial charge in [-0.05, 0) is 13.3 Å². The van der Waals surface area contributed by atoms with Gasteiger partial charge in [0.1, 0.15) is 6.10 Å². The van der Waals surface area contributed by atoms with E-state index in [9.17, 15) is 10.2 Å². The zero-order valence-electron chi connectivity index (χ0n) is 9.11. The van der Waals surface area contributed by atoms with Crippen molar-refractivity contribution in [1.82, 2.24) is 0 Å². The van der Waals surface area contributed by atoms with Gasteiger partial charge in [0.15, 0.2) is 0 Å². The van der Waals surface area contributed by atoms with Crippen molar-refractivity contribution in [3.8, 4) is 0 Å². The molecule has 0 bridgehead atoms. The average Bonchev–Trinajstić information content (AvgIpc) is 2.19. The summed E-state index contributed by atoms with van der Waals surface area (Å²) in [6.45, 7) is 3.71. The molecule has 0 aromatic carbocycles. The van der Waals surface area contributed by atoms with Crippen LogP contribution in [0.3, 0.4) is 0 Å². The predicted molar refractivity (Wildman–Crippen MR) is 54.3 cm³/mol. The van der Waals surface area contributed by atoms with Crippen LogP contribution < -0.4 is 5.73 Å². The van der Waals surface area contributed by atoms with E-state index in [1.54, 1.807) is 0 Å². The molecule has 5 atom stereocenters. The Morgan fingerprint density at radius 2 is 1.69 bits per heavy atom. The first kappa shape index (κ1) is 15.5. The van der Waals surface area contributed by atoms with Crippen LogP contribution in [0.15, 0.2) is 0 Å². The Morgan fingerprint density at radius 1 is 1.25 bits per heavy atom. The maximum absolute atomic E-state index is 9.47. The molecule has 1 rings (SSSR count). The van der Waals surface area contributed by atoms with E-state index in [0.29, 0.717) is 6.42 Å². The number of aliphatic hydroxyl groups is 2. The summed E-state index contributed by atoms with van der Waals surface area (Å²) in [5.74, 6) is 0. The Kier molecular flexibility index (Phi) is 6.68. The van der Waals surface area contributed by atoms with Crippen LogP contribution in [0.4, 0.5) is 0 Å². The molecule has 0 radical (unpaired) electrons. The number of hydrogen-bond acceptors (Lipinski definition) is 7. The fraction of sp³-hybridized carbons (Fsp3) is 1.00. The van der Waals surface area contributed by atoms with Crippen LogP contribution in [0.25, 0.3) is 0 Å². The van der Waals surface area contributed by atoms with Crippen LogP contribution >= 0.6 is 0 Å². The monoisotopic (exact) mass is 255 g/mol. The topological polar surface area (TPSA) is 127 Å². The third-order valence-electron chi connectivity index (χ3n) is 2.46. The largest absolute Gasteiger partial charge is 0.425 e. The lowest BCUT2D eigenvalue weighted by molar-refractivity contribution is -0.173. The molecule has 0 amide bonds. The van der Waals surface area contributed by atoms with Gasteiger partial charge >= 0.3 is 10.6 Å². The highest BCUT2D eigenvalue weighted by Crippen LogP contribution is 2.21.